The van der Waals surface area contributed by atoms with Gasteiger partial charge in [0.25, 0.3) is 0 Å². The first-order valence-corrected chi connectivity index (χ1v) is 9.13. The van der Waals surface area contributed by atoms with Gasteiger partial charge in [-0.3, -0.25) is 4.79 Å². The van der Waals surface area contributed by atoms with Crippen molar-refractivity contribution in [2.75, 3.05) is 79.3 Å². The number of aldehydes is 1. The Hall–Kier alpha value is -1.71. The maximum absolute atomic E-state index is 11.0. The zero-order chi connectivity index (χ0) is 19.0. The molecular weight excluding hydrogens is 356 g/mol. The van der Waals surface area contributed by atoms with Gasteiger partial charge in [-0.25, -0.2) is 0 Å². The van der Waals surface area contributed by atoms with E-state index in [1.807, 2.05) is 0 Å². The number of carbonyl (C=O) groups excluding carboxylic acids is 1. The van der Waals surface area contributed by atoms with Gasteiger partial charge >= 0.3 is 0 Å². The highest BCUT2D eigenvalue weighted by Gasteiger charge is 2.07. The molecule has 0 bridgehead atoms. The second-order valence-electron chi connectivity index (χ2n) is 5.58. The number of fused-ring (bicyclic) bond motifs is 1. The Bertz CT molecular complexity index is 522. The van der Waals surface area contributed by atoms with Crippen molar-refractivity contribution >= 4 is 6.29 Å². The molecule has 8 heteroatoms. The summed E-state index contributed by atoms with van der Waals surface area (Å²) < 4.78 is 38.5. The number of hydrogen-bond acceptors (Lipinski definition) is 8. The molecule has 1 aliphatic heterocycles. The predicted octanol–water partition coefficient (Wildman–Crippen LogP) is 1.35. The molecule has 0 unspecified atom stereocenters. The van der Waals surface area contributed by atoms with E-state index in [1.165, 1.54) is 0 Å². The average Bonchev–Trinajstić information content (AvgIpc) is 2.69. The molecule has 0 amide bonds. The third kappa shape index (κ3) is 9.69. The Morgan fingerprint density at radius 1 is 0.556 bits per heavy atom. The standard InChI is InChI=1S/C19H28O8/c20-16-17-1-2-18-19(15-17)27-14-12-25-10-8-23-6-4-21-3-5-22-7-9-24-11-13-26-18/h1-2,15-16H,3-14H2. The molecule has 0 aliphatic carbocycles. The predicted molar refractivity (Wildman–Crippen MR) is 96.9 cm³/mol. The fourth-order valence-electron chi connectivity index (χ4n) is 2.23. The van der Waals surface area contributed by atoms with E-state index in [1.54, 1.807) is 18.2 Å². The molecule has 8 nitrogen and oxygen atoms in total. The summed E-state index contributed by atoms with van der Waals surface area (Å²) in [5, 5.41) is 0. The zero-order valence-electron chi connectivity index (χ0n) is 15.6. The molecule has 27 heavy (non-hydrogen) atoms. The van der Waals surface area contributed by atoms with Gasteiger partial charge in [-0.15, -0.1) is 0 Å². The van der Waals surface area contributed by atoms with E-state index in [4.69, 9.17) is 33.2 Å². The van der Waals surface area contributed by atoms with Gasteiger partial charge in [0.1, 0.15) is 19.5 Å². The summed E-state index contributed by atoms with van der Waals surface area (Å²) in [6.45, 7) is 5.58. The lowest BCUT2D eigenvalue weighted by Gasteiger charge is -2.13. The molecule has 1 aromatic carbocycles. The highest BCUT2D eigenvalue weighted by Crippen LogP contribution is 2.28. The molecule has 0 spiro atoms. The van der Waals surface area contributed by atoms with Crippen LogP contribution < -0.4 is 9.47 Å². The van der Waals surface area contributed by atoms with Crippen LogP contribution in [0.4, 0.5) is 0 Å². The van der Waals surface area contributed by atoms with Crippen molar-refractivity contribution in [1.29, 1.82) is 0 Å². The van der Waals surface area contributed by atoms with Crippen LogP contribution >= 0.6 is 0 Å². The normalized spacial score (nSPS) is 19.6. The number of benzene rings is 1. The minimum absolute atomic E-state index is 0.343. The molecule has 0 N–H and O–H groups in total. The number of carbonyl (C=O) groups is 1. The van der Waals surface area contributed by atoms with Gasteiger partial charge in [0.15, 0.2) is 11.5 Å². The Kier molecular flexibility index (Phi) is 11.5. The Morgan fingerprint density at radius 3 is 1.41 bits per heavy atom. The lowest BCUT2D eigenvalue weighted by atomic mass is 10.2. The first-order chi connectivity index (χ1) is 13.4. The summed E-state index contributed by atoms with van der Waals surface area (Å²) in [7, 11) is 0. The van der Waals surface area contributed by atoms with Crippen molar-refractivity contribution in [2.24, 2.45) is 0 Å². The van der Waals surface area contributed by atoms with Crippen LogP contribution in [-0.2, 0) is 23.7 Å². The second-order valence-corrected chi connectivity index (χ2v) is 5.58. The molecule has 0 saturated heterocycles. The summed E-state index contributed by atoms with van der Waals surface area (Å²) in [6.07, 6.45) is 0.768. The largest absolute Gasteiger partial charge is 0.487 e. The third-order valence-corrected chi connectivity index (χ3v) is 3.56. The highest BCUT2D eigenvalue weighted by atomic mass is 16.6. The molecule has 0 aromatic heterocycles. The van der Waals surface area contributed by atoms with Crippen LogP contribution in [0.15, 0.2) is 18.2 Å². The van der Waals surface area contributed by atoms with Crippen molar-refractivity contribution in [1.82, 2.24) is 0 Å². The summed E-state index contributed by atoms with van der Waals surface area (Å²) in [6, 6.07) is 5.04. The van der Waals surface area contributed by atoms with Crippen molar-refractivity contribution < 1.29 is 38.0 Å². The van der Waals surface area contributed by atoms with Gasteiger partial charge in [-0.1, -0.05) is 0 Å². The topological polar surface area (TPSA) is 81.7 Å². The van der Waals surface area contributed by atoms with E-state index in [-0.39, 0.29) is 0 Å². The monoisotopic (exact) mass is 384 g/mol. The highest BCUT2D eigenvalue weighted by molar-refractivity contribution is 5.76. The molecule has 1 aromatic rings. The van der Waals surface area contributed by atoms with Crippen LogP contribution in [0.2, 0.25) is 0 Å². The van der Waals surface area contributed by atoms with Crippen molar-refractivity contribution in [3.05, 3.63) is 23.8 Å². The van der Waals surface area contributed by atoms with E-state index < -0.39 is 0 Å². The number of hydrogen-bond donors (Lipinski definition) is 0. The van der Waals surface area contributed by atoms with Gasteiger partial charge in [0.05, 0.1) is 66.1 Å². The fraction of sp³-hybridized carbons (Fsp3) is 0.632. The van der Waals surface area contributed by atoms with Crippen molar-refractivity contribution in [3.8, 4) is 11.5 Å². The van der Waals surface area contributed by atoms with Crippen LogP contribution in [0.3, 0.4) is 0 Å². The first-order valence-electron chi connectivity index (χ1n) is 9.13. The molecule has 0 saturated carbocycles. The maximum atomic E-state index is 11.0. The van der Waals surface area contributed by atoms with Crippen LogP contribution in [0.5, 0.6) is 11.5 Å². The minimum atomic E-state index is 0.343. The van der Waals surface area contributed by atoms with Crippen LogP contribution in [0.1, 0.15) is 10.4 Å². The Morgan fingerprint density at radius 2 is 0.963 bits per heavy atom. The minimum Gasteiger partial charge on any atom is -0.487 e. The van der Waals surface area contributed by atoms with Gasteiger partial charge in [-0.05, 0) is 18.2 Å². The van der Waals surface area contributed by atoms with E-state index in [9.17, 15) is 4.79 Å². The van der Waals surface area contributed by atoms with E-state index in [0.29, 0.717) is 96.3 Å². The van der Waals surface area contributed by atoms with Gasteiger partial charge < -0.3 is 33.2 Å². The summed E-state index contributed by atoms with van der Waals surface area (Å²) in [5.41, 5.74) is 0.521. The summed E-state index contributed by atoms with van der Waals surface area (Å²) >= 11 is 0. The second kappa shape index (κ2) is 14.4. The van der Waals surface area contributed by atoms with Gasteiger partial charge in [0, 0.05) is 5.56 Å². The first kappa shape index (κ1) is 21.6. The van der Waals surface area contributed by atoms with Gasteiger partial charge in [-0.2, -0.15) is 0 Å². The average molecular weight is 384 g/mol. The van der Waals surface area contributed by atoms with Gasteiger partial charge in [0.2, 0.25) is 0 Å². The molecule has 1 aliphatic rings. The lowest BCUT2D eigenvalue weighted by Crippen LogP contribution is -2.14. The number of ether oxygens (including phenoxy) is 7. The van der Waals surface area contributed by atoms with Crippen LogP contribution in [-0.4, -0.2) is 85.6 Å². The molecule has 0 atom stereocenters. The fourth-order valence-corrected chi connectivity index (χ4v) is 2.23. The third-order valence-electron chi connectivity index (χ3n) is 3.56. The Balaban J connectivity index is 1.82. The summed E-state index contributed by atoms with van der Waals surface area (Å²) in [5.74, 6) is 1.07. The Labute approximate surface area is 159 Å². The molecule has 2 rings (SSSR count). The lowest BCUT2D eigenvalue weighted by molar-refractivity contribution is -0.0134. The van der Waals surface area contributed by atoms with Crippen molar-refractivity contribution in [2.45, 2.75) is 0 Å². The summed E-state index contributed by atoms with van der Waals surface area (Å²) in [4.78, 5) is 11.0. The van der Waals surface area contributed by atoms with Crippen LogP contribution in [0.25, 0.3) is 0 Å². The van der Waals surface area contributed by atoms with E-state index in [2.05, 4.69) is 0 Å². The van der Waals surface area contributed by atoms with E-state index >= 15 is 0 Å². The van der Waals surface area contributed by atoms with Crippen molar-refractivity contribution in [3.63, 3.8) is 0 Å². The molecule has 152 valence electrons. The molecule has 1 heterocycles. The molecular formula is C19H28O8. The quantitative estimate of drug-likeness (QED) is 0.672. The zero-order valence-corrected chi connectivity index (χ0v) is 15.6. The maximum Gasteiger partial charge on any atom is 0.162 e. The molecule has 0 fully saturated rings. The number of rotatable bonds is 1. The smallest absolute Gasteiger partial charge is 0.162 e. The SMILES string of the molecule is O=Cc1ccc2c(c1)OCCOCCOCCOCCOCCOCCO2. The van der Waals surface area contributed by atoms with E-state index in [0.717, 1.165) is 6.29 Å². The molecule has 0 radical (unpaired) electrons. The van der Waals surface area contributed by atoms with Crippen LogP contribution in [0, 0.1) is 0 Å².